The Hall–Kier alpha value is -2.90. The standard InChI is InChI=1S/C23H20N2O3S2/c1-16-13-18-9-5-6-10-20(18)25(16)30(27,28)19-11-12-21-22(14-19)29-23(26)24(21)15-17-7-3-2-4-8-17/h2-12,14,16H,13,15H2,1H3. The van der Waals surface area contributed by atoms with Gasteiger partial charge in [-0.25, -0.2) is 8.42 Å². The molecule has 1 aliphatic heterocycles. The number of thiazole rings is 1. The predicted octanol–water partition coefficient (Wildman–Crippen LogP) is 4.25. The monoisotopic (exact) mass is 436 g/mol. The molecule has 0 aliphatic carbocycles. The number of hydrogen-bond donors (Lipinski definition) is 0. The molecule has 152 valence electrons. The number of fused-ring (bicyclic) bond motifs is 2. The molecule has 0 fully saturated rings. The summed E-state index contributed by atoms with van der Waals surface area (Å²) in [6.45, 7) is 2.38. The van der Waals surface area contributed by atoms with Crippen LogP contribution in [0.3, 0.4) is 0 Å². The van der Waals surface area contributed by atoms with Gasteiger partial charge in [0.2, 0.25) is 0 Å². The second kappa shape index (κ2) is 7.11. The van der Waals surface area contributed by atoms with Crippen LogP contribution in [-0.4, -0.2) is 19.0 Å². The second-order valence-corrected chi connectivity index (χ2v) is 10.4. The smallest absolute Gasteiger partial charge is 0.294 e. The molecule has 1 unspecified atom stereocenters. The summed E-state index contributed by atoms with van der Waals surface area (Å²) in [7, 11) is -3.73. The fourth-order valence-electron chi connectivity index (χ4n) is 4.14. The van der Waals surface area contributed by atoms with Gasteiger partial charge in [-0.2, -0.15) is 0 Å². The van der Waals surface area contributed by atoms with Gasteiger partial charge in [0.15, 0.2) is 0 Å². The maximum Gasteiger partial charge on any atom is 0.308 e. The first-order valence-corrected chi connectivity index (χ1v) is 12.0. The minimum Gasteiger partial charge on any atom is -0.294 e. The van der Waals surface area contributed by atoms with E-state index in [1.54, 1.807) is 22.8 Å². The number of sulfonamides is 1. The van der Waals surface area contributed by atoms with Crippen LogP contribution < -0.4 is 9.18 Å². The van der Waals surface area contributed by atoms with Crippen LogP contribution >= 0.6 is 11.3 Å². The summed E-state index contributed by atoms with van der Waals surface area (Å²) in [6, 6.07) is 22.2. The highest BCUT2D eigenvalue weighted by Crippen LogP contribution is 2.37. The zero-order valence-electron chi connectivity index (χ0n) is 16.4. The first kappa shape index (κ1) is 19.1. The minimum absolute atomic E-state index is 0.0942. The number of nitrogens with zero attached hydrogens (tertiary/aromatic N) is 2. The van der Waals surface area contributed by atoms with E-state index in [9.17, 15) is 13.2 Å². The molecule has 1 aromatic heterocycles. The van der Waals surface area contributed by atoms with Crippen LogP contribution in [0.4, 0.5) is 5.69 Å². The van der Waals surface area contributed by atoms with Gasteiger partial charge >= 0.3 is 4.87 Å². The third kappa shape index (κ3) is 3.05. The summed E-state index contributed by atoms with van der Waals surface area (Å²) < 4.78 is 30.8. The Bertz CT molecular complexity index is 1410. The summed E-state index contributed by atoms with van der Waals surface area (Å²) >= 11 is 1.08. The molecule has 0 saturated heterocycles. The van der Waals surface area contributed by atoms with Crippen molar-refractivity contribution in [1.82, 2.24) is 4.57 Å². The molecule has 1 aliphatic rings. The third-order valence-corrected chi connectivity index (χ3v) is 8.39. The van der Waals surface area contributed by atoms with E-state index < -0.39 is 10.0 Å². The fourth-order valence-corrected chi connectivity index (χ4v) is 6.86. The van der Waals surface area contributed by atoms with E-state index in [1.807, 2.05) is 61.5 Å². The molecule has 3 aromatic carbocycles. The Labute approximate surface area is 178 Å². The molecular weight excluding hydrogens is 416 g/mol. The fraction of sp³-hybridized carbons (Fsp3) is 0.174. The van der Waals surface area contributed by atoms with Crippen LogP contribution in [0.5, 0.6) is 0 Å². The molecule has 5 rings (SSSR count). The van der Waals surface area contributed by atoms with Crippen LogP contribution in [0.25, 0.3) is 10.2 Å². The van der Waals surface area contributed by atoms with E-state index in [0.717, 1.165) is 33.7 Å². The third-order valence-electron chi connectivity index (χ3n) is 5.52. The molecule has 0 saturated carbocycles. The second-order valence-electron chi connectivity index (χ2n) is 7.55. The summed E-state index contributed by atoms with van der Waals surface area (Å²) in [4.78, 5) is 12.7. The van der Waals surface area contributed by atoms with Crippen LogP contribution in [0.1, 0.15) is 18.1 Å². The maximum absolute atomic E-state index is 13.5. The van der Waals surface area contributed by atoms with Crippen molar-refractivity contribution in [3.63, 3.8) is 0 Å². The SMILES string of the molecule is CC1Cc2ccccc2N1S(=O)(=O)c1ccc2c(c1)sc(=O)n2Cc1ccccc1. The van der Waals surface area contributed by atoms with Crippen LogP contribution in [0, 0.1) is 0 Å². The average molecular weight is 437 g/mol. The van der Waals surface area contributed by atoms with Crippen LogP contribution in [0.15, 0.2) is 82.5 Å². The number of rotatable bonds is 4. The Kier molecular flexibility index (Phi) is 4.52. The van der Waals surface area contributed by atoms with Crippen molar-refractivity contribution >= 4 is 37.3 Å². The van der Waals surface area contributed by atoms with Crippen LogP contribution in [-0.2, 0) is 23.0 Å². The van der Waals surface area contributed by atoms with E-state index in [0.29, 0.717) is 17.7 Å². The summed E-state index contributed by atoms with van der Waals surface area (Å²) in [5.41, 5.74) is 3.55. The normalized spacial score (nSPS) is 16.2. The molecule has 4 aromatic rings. The van der Waals surface area contributed by atoms with Crippen molar-refractivity contribution in [2.24, 2.45) is 0 Å². The number of benzene rings is 3. The first-order chi connectivity index (χ1) is 14.4. The van der Waals surface area contributed by atoms with Gasteiger partial charge in [0.1, 0.15) is 0 Å². The van der Waals surface area contributed by atoms with Crippen LogP contribution in [0.2, 0.25) is 0 Å². The molecule has 5 nitrogen and oxygen atoms in total. The van der Waals surface area contributed by atoms with Gasteiger partial charge in [0.05, 0.1) is 27.3 Å². The average Bonchev–Trinajstić information content (AvgIpc) is 3.24. The maximum atomic E-state index is 13.5. The number of aromatic nitrogens is 1. The zero-order valence-corrected chi connectivity index (χ0v) is 18.0. The number of para-hydroxylation sites is 1. The highest BCUT2D eigenvalue weighted by molar-refractivity contribution is 7.93. The minimum atomic E-state index is -3.73. The first-order valence-electron chi connectivity index (χ1n) is 9.75. The summed E-state index contributed by atoms with van der Waals surface area (Å²) in [5.74, 6) is 0. The molecule has 1 atom stereocenters. The van der Waals surface area contributed by atoms with Crippen molar-refractivity contribution in [3.05, 3.63) is 93.6 Å². The van der Waals surface area contributed by atoms with Crippen molar-refractivity contribution in [3.8, 4) is 0 Å². The van der Waals surface area contributed by atoms with E-state index >= 15 is 0 Å². The molecule has 30 heavy (non-hydrogen) atoms. The van der Waals surface area contributed by atoms with Gasteiger partial charge in [-0.15, -0.1) is 0 Å². The van der Waals surface area contributed by atoms with E-state index in [2.05, 4.69) is 0 Å². The largest absolute Gasteiger partial charge is 0.308 e. The lowest BCUT2D eigenvalue weighted by molar-refractivity contribution is 0.584. The Morgan fingerprint density at radius 1 is 1.00 bits per heavy atom. The van der Waals surface area contributed by atoms with Gasteiger partial charge in [-0.05, 0) is 48.7 Å². The number of hydrogen-bond acceptors (Lipinski definition) is 4. The highest BCUT2D eigenvalue weighted by atomic mass is 32.2. The molecule has 0 bridgehead atoms. The van der Waals surface area contributed by atoms with Gasteiger partial charge in [-0.1, -0.05) is 59.9 Å². The van der Waals surface area contributed by atoms with E-state index in [4.69, 9.17) is 0 Å². The van der Waals surface area contributed by atoms with E-state index in [-0.39, 0.29) is 15.8 Å². The quantitative estimate of drug-likeness (QED) is 0.481. The topological polar surface area (TPSA) is 59.4 Å². The highest BCUT2D eigenvalue weighted by Gasteiger charge is 2.36. The summed E-state index contributed by atoms with van der Waals surface area (Å²) in [6.07, 6.45) is 0.693. The van der Waals surface area contributed by atoms with Crippen molar-refractivity contribution in [2.45, 2.75) is 30.8 Å². The molecule has 0 spiro atoms. The Morgan fingerprint density at radius 2 is 1.73 bits per heavy atom. The Balaban J connectivity index is 1.57. The van der Waals surface area contributed by atoms with E-state index in [1.165, 1.54) is 4.31 Å². The van der Waals surface area contributed by atoms with Crippen molar-refractivity contribution < 1.29 is 8.42 Å². The summed E-state index contributed by atoms with van der Waals surface area (Å²) in [5, 5.41) is 0. The zero-order chi connectivity index (χ0) is 20.9. The van der Waals surface area contributed by atoms with Gasteiger partial charge < -0.3 is 0 Å². The lowest BCUT2D eigenvalue weighted by Crippen LogP contribution is -2.35. The van der Waals surface area contributed by atoms with Gasteiger partial charge in [0, 0.05) is 6.04 Å². The van der Waals surface area contributed by atoms with Crippen molar-refractivity contribution in [1.29, 1.82) is 0 Å². The van der Waals surface area contributed by atoms with Gasteiger partial charge in [-0.3, -0.25) is 13.7 Å². The molecule has 0 amide bonds. The lowest BCUT2D eigenvalue weighted by Gasteiger charge is -2.24. The number of anilines is 1. The molecule has 0 radical (unpaired) electrons. The molecular formula is C23H20N2O3S2. The molecule has 7 heteroatoms. The van der Waals surface area contributed by atoms with Crippen molar-refractivity contribution in [2.75, 3.05) is 4.31 Å². The predicted molar refractivity (Wildman–Crippen MR) is 121 cm³/mol. The Morgan fingerprint density at radius 3 is 2.53 bits per heavy atom. The lowest BCUT2D eigenvalue weighted by atomic mass is 10.1. The van der Waals surface area contributed by atoms with Gasteiger partial charge in [0.25, 0.3) is 10.0 Å². The molecule has 0 N–H and O–H groups in total. The molecule has 2 heterocycles.